The van der Waals surface area contributed by atoms with Gasteiger partial charge in [-0.25, -0.2) is 4.79 Å². The Morgan fingerprint density at radius 2 is 1.50 bits per heavy atom. The molecule has 22 heavy (non-hydrogen) atoms. The van der Waals surface area contributed by atoms with Crippen LogP contribution in [0.3, 0.4) is 0 Å². The fourth-order valence-corrected chi connectivity index (χ4v) is 4.00. The van der Waals surface area contributed by atoms with E-state index < -0.39 is 11.7 Å². The lowest BCUT2D eigenvalue weighted by atomic mass is 10.2. The van der Waals surface area contributed by atoms with Gasteiger partial charge in [0.2, 0.25) is 0 Å². The molecule has 0 saturated carbocycles. The smallest absolute Gasteiger partial charge is 0.338 e. The summed E-state index contributed by atoms with van der Waals surface area (Å²) in [6.07, 6.45) is 0. The van der Waals surface area contributed by atoms with Crippen LogP contribution in [-0.4, -0.2) is 21.3 Å². The maximum absolute atomic E-state index is 11.3. The molecule has 0 heterocycles. The van der Waals surface area contributed by atoms with E-state index in [2.05, 4.69) is 0 Å². The summed E-state index contributed by atoms with van der Waals surface area (Å²) in [4.78, 5) is 11.4. The van der Waals surface area contributed by atoms with Crippen molar-refractivity contribution in [1.29, 1.82) is 0 Å². The standard InChI is InChI=1S/C13H6Cl4O4S/c14-4-1-6(16)10(18)8(2-4)22-12-9(13(20)21)5(15)3-7(17)11(12)19/h1-3,18-19H,(H,20,21). The molecule has 0 aliphatic heterocycles. The number of hydrogen-bond donors (Lipinski definition) is 3. The van der Waals surface area contributed by atoms with E-state index in [1.54, 1.807) is 0 Å². The molecule has 0 unspecified atom stereocenters. The molecule has 0 atom stereocenters. The van der Waals surface area contributed by atoms with Crippen LogP contribution in [0.2, 0.25) is 20.1 Å². The maximum Gasteiger partial charge on any atom is 0.338 e. The minimum Gasteiger partial charge on any atom is -0.505 e. The number of phenolic OH excluding ortho intramolecular Hbond substituents is 2. The highest BCUT2D eigenvalue weighted by molar-refractivity contribution is 7.99. The first kappa shape index (κ1) is 17.4. The van der Waals surface area contributed by atoms with Crippen molar-refractivity contribution >= 4 is 64.1 Å². The van der Waals surface area contributed by atoms with Gasteiger partial charge in [-0.05, 0) is 18.2 Å². The third-order valence-corrected chi connectivity index (χ3v) is 4.80. The number of carboxylic acids is 1. The molecule has 0 spiro atoms. The van der Waals surface area contributed by atoms with Gasteiger partial charge in [0.25, 0.3) is 0 Å². The Labute approximate surface area is 149 Å². The molecule has 0 amide bonds. The largest absolute Gasteiger partial charge is 0.505 e. The van der Waals surface area contributed by atoms with E-state index in [0.717, 1.165) is 17.8 Å². The van der Waals surface area contributed by atoms with E-state index in [0.29, 0.717) is 0 Å². The number of carboxylic acid groups (broad SMARTS) is 1. The molecule has 2 aromatic carbocycles. The maximum atomic E-state index is 11.3. The summed E-state index contributed by atoms with van der Waals surface area (Å²) >= 11 is 24.1. The normalized spacial score (nSPS) is 10.7. The zero-order chi connectivity index (χ0) is 16.6. The average Bonchev–Trinajstić information content (AvgIpc) is 2.40. The van der Waals surface area contributed by atoms with Gasteiger partial charge in [0.1, 0.15) is 11.5 Å². The Balaban J connectivity index is 2.66. The van der Waals surface area contributed by atoms with Crippen LogP contribution in [0.25, 0.3) is 0 Å². The van der Waals surface area contributed by atoms with Gasteiger partial charge in [-0.2, -0.15) is 0 Å². The summed E-state index contributed by atoms with van der Waals surface area (Å²) < 4.78 is 0. The van der Waals surface area contributed by atoms with Crippen LogP contribution in [0, 0.1) is 0 Å². The van der Waals surface area contributed by atoms with E-state index in [1.807, 2.05) is 0 Å². The molecule has 0 bridgehead atoms. The van der Waals surface area contributed by atoms with Gasteiger partial charge in [-0.15, -0.1) is 0 Å². The lowest BCUT2D eigenvalue weighted by Crippen LogP contribution is -2.01. The molecule has 4 nitrogen and oxygen atoms in total. The fourth-order valence-electron chi connectivity index (χ4n) is 1.62. The summed E-state index contributed by atoms with van der Waals surface area (Å²) in [6.45, 7) is 0. The van der Waals surface area contributed by atoms with E-state index in [9.17, 15) is 20.1 Å². The Hall–Kier alpha value is -0.980. The van der Waals surface area contributed by atoms with E-state index in [1.165, 1.54) is 12.1 Å². The Morgan fingerprint density at radius 1 is 0.909 bits per heavy atom. The molecule has 0 aliphatic carbocycles. The van der Waals surface area contributed by atoms with Crippen LogP contribution >= 0.6 is 58.2 Å². The average molecular weight is 400 g/mol. The van der Waals surface area contributed by atoms with Crippen molar-refractivity contribution in [2.24, 2.45) is 0 Å². The minimum absolute atomic E-state index is 0.0144. The van der Waals surface area contributed by atoms with Crippen molar-refractivity contribution in [1.82, 2.24) is 0 Å². The number of rotatable bonds is 3. The van der Waals surface area contributed by atoms with Crippen LogP contribution in [0.4, 0.5) is 0 Å². The molecule has 9 heteroatoms. The van der Waals surface area contributed by atoms with Crippen molar-refractivity contribution in [3.63, 3.8) is 0 Å². The predicted octanol–water partition coefficient (Wildman–Crippen LogP) is 5.56. The van der Waals surface area contributed by atoms with Gasteiger partial charge in [-0.1, -0.05) is 58.2 Å². The summed E-state index contributed by atoms with van der Waals surface area (Å²) in [5.41, 5.74) is -0.343. The number of hydrogen-bond acceptors (Lipinski definition) is 4. The highest BCUT2D eigenvalue weighted by Gasteiger charge is 2.23. The van der Waals surface area contributed by atoms with Crippen LogP contribution in [0.5, 0.6) is 11.5 Å². The Morgan fingerprint density at radius 3 is 2.09 bits per heavy atom. The molecule has 3 N–H and O–H groups in total. The van der Waals surface area contributed by atoms with Crippen LogP contribution in [0.1, 0.15) is 10.4 Å². The summed E-state index contributed by atoms with van der Waals surface area (Å²) in [6, 6.07) is 3.81. The number of phenols is 2. The quantitative estimate of drug-likeness (QED) is 0.629. The second-order valence-electron chi connectivity index (χ2n) is 4.03. The van der Waals surface area contributed by atoms with Gasteiger partial charge in [0.05, 0.1) is 30.4 Å². The van der Waals surface area contributed by atoms with Crippen LogP contribution in [0.15, 0.2) is 28.0 Å². The molecule has 0 aliphatic rings. The number of benzene rings is 2. The van der Waals surface area contributed by atoms with Gasteiger partial charge in [-0.3, -0.25) is 0 Å². The zero-order valence-corrected chi connectivity index (χ0v) is 14.2. The highest BCUT2D eigenvalue weighted by atomic mass is 35.5. The molecular weight excluding hydrogens is 394 g/mol. The molecule has 0 radical (unpaired) electrons. The lowest BCUT2D eigenvalue weighted by Gasteiger charge is -2.13. The van der Waals surface area contributed by atoms with Gasteiger partial charge in [0, 0.05) is 5.02 Å². The van der Waals surface area contributed by atoms with E-state index in [-0.39, 0.29) is 41.2 Å². The number of aromatic hydroxyl groups is 2. The molecule has 0 fully saturated rings. The minimum atomic E-state index is -1.35. The van der Waals surface area contributed by atoms with Crippen molar-refractivity contribution in [3.05, 3.63) is 43.9 Å². The molecular formula is C13H6Cl4O4S. The first-order valence-electron chi connectivity index (χ1n) is 5.52. The van der Waals surface area contributed by atoms with Crippen molar-refractivity contribution in [3.8, 4) is 11.5 Å². The van der Waals surface area contributed by atoms with Gasteiger partial charge in [0.15, 0.2) is 0 Å². The zero-order valence-electron chi connectivity index (χ0n) is 10.4. The van der Waals surface area contributed by atoms with Gasteiger partial charge < -0.3 is 15.3 Å². The van der Waals surface area contributed by atoms with Crippen molar-refractivity contribution < 1.29 is 20.1 Å². The second kappa shape index (κ2) is 6.64. The van der Waals surface area contributed by atoms with Crippen LogP contribution < -0.4 is 0 Å². The first-order chi connectivity index (χ1) is 10.2. The molecule has 0 saturated heterocycles. The third kappa shape index (κ3) is 3.34. The van der Waals surface area contributed by atoms with E-state index >= 15 is 0 Å². The fraction of sp³-hybridized carbons (Fsp3) is 0. The SMILES string of the molecule is O=C(O)c1c(Cl)cc(Cl)c(O)c1Sc1cc(Cl)cc(Cl)c1O. The first-order valence-corrected chi connectivity index (χ1v) is 7.85. The van der Waals surface area contributed by atoms with Crippen molar-refractivity contribution in [2.45, 2.75) is 9.79 Å². The molecule has 116 valence electrons. The van der Waals surface area contributed by atoms with Gasteiger partial charge >= 0.3 is 5.97 Å². The number of aromatic carboxylic acids is 1. The summed E-state index contributed by atoms with van der Waals surface area (Å²) in [5.74, 6) is -2.13. The molecule has 0 aromatic heterocycles. The second-order valence-corrected chi connectivity index (χ2v) is 6.74. The topological polar surface area (TPSA) is 77.8 Å². The Kier molecular flexibility index (Phi) is 5.25. The monoisotopic (exact) mass is 398 g/mol. The lowest BCUT2D eigenvalue weighted by molar-refractivity contribution is 0.0692. The third-order valence-electron chi connectivity index (χ3n) is 2.58. The van der Waals surface area contributed by atoms with Crippen LogP contribution in [-0.2, 0) is 0 Å². The molecule has 2 aromatic rings. The van der Waals surface area contributed by atoms with Crippen molar-refractivity contribution in [2.75, 3.05) is 0 Å². The van der Waals surface area contributed by atoms with E-state index in [4.69, 9.17) is 46.4 Å². The molecule has 2 rings (SSSR count). The highest BCUT2D eigenvalue weighted by Crippen LogP contribution is 2.48. The number of carbonyl (C=O) groups is 1. The summed E-state index contributed by atoms with van der Waals surface area (Å²) in [7, 11) is 0. The summed E-state index contributed by atoms with van der Waals surface area (Å²) in [5, 5.41) is 29.2. The number of halogens is 4. The Bertz CT molecular complexity index is 779. The predicted molar refractivity (Wildman–Crippen MR) is 87.3 cm³/mol.